The summed E-state index contributed by atoms with van der Waals surface area (Å²) in [4.78, 5) is 12.8. The predicted octanol–water partition coefficient (Wildman–Crippen LogP) is -0.424. The average molecular weight is 420 g/mol. The van der Waals surface area contributed by atoms with Crippen LogP contribution in [-0.4, -0.2) is 25.1 Å². The molecule has 2 heterocycles. The molecule has 1 N–H and O–H groups in total. The van der Waals surface area contributed by atoms with Crippen LogP contribution in [0.5, 0.6) is 11.5 Å². The van der Waals surface area contributed by atoms with E-state index in [4.69, 9.17) is 9.15 Å². The first-order valence-electron chi connectivity index (χ1n) is 8.18. The molecule has 29 heavy (non-hydrogen) atoms. The number of carbonyl (C=O) groups is 1. The molecular formula is C19H13N2NaO6S. The number of benzene rings is 2. The number of carbonyl (C=O) groups excluding carboxylic acids is 1. The Labute approximate surface area is 188 Å². The van der Waals surface area contributed by atoms with Gasteiger partial charge in [0.15, 0.2) is 10.1 Å². The fourth-order valence-electron chi connectivity index (χ4n) is 2.95. The van der Waals surface area contributed by atoms with Gasteiger partial charge in [-0.15, -0.1) is 0 Å². The van der Waals surface area contributed by atoms with Gasteiger partial charge in [-0.05, 0) is 24.3 Å². The Kier molecular flexibility index (Phi) is 6.25. The van der Waals surface area contributed by atoms with Crippen molar-refractivity contribution >= 4 is 22.2 Å². The van der Waals surface area contributed by atoms with Gasteiger partial charge in [0.1, 0.15) is 17.3 Å². The van der Waals surface area contributed by atoms with Crippen LogP contribution < -0.4 is 39.7 Å². The minimum Gasteiger partial charge on any atom is -0.742 e. The van der Waals surface area contributed by atoms with Gasteiger partial charge in [0.25, 0.3) is 5.91 Å². The monoisotopic (exact) mass is 420 g/mol. The van der Waals surface area contributed by atoms with E-state index in [9.17, 15) is 17.8 Å². The molecule has 3 aromatic rings. The van der Waals surface area contributed by atoms with Crippen molar-refractivity contribution in [2.24, 2.45) is 5.10 Å². The van der Waals surface area contributed by atoms with E-state index in [1.54, 1.807) is 24.3 Å². The topological polar surface area (TPSA) is 121 Å². The van der Waals surface area contributed by atoms with Crippen LogP contribution in [0.15, 0.2) is 75.3 Å². The van der Waals surface area contributed by atoms with Crippen molar-refractivity contribution in [3.63, 3.8) is 0 Å². The number of fused-ring (bicyclic) bond motifs is 2. The maximum atomic E-state index is 12.8. The number of hydrogen-bond donors (Lipinski definition) is 1. The van der Waals surface area contributed by atoms with Gasteiger partial charge >= 0.3 is 29.6 Å². The predicted molar refractivity (Wildman–Crippen MR) is 97.2 cm³/mol. The Morgan fingerprint density at radius 2 is 1.59 bits per heavy atom. The van der Waals surface area contributed by atoms with Crippen molar-refractivity contribution in [3.05, 3.63) is 77.6 Å². The summed E-state index contributed by atoms with van der Waals surface area (Å²) >= 11 is 0. The Bertz CT molecular complexity index is 1140. The third-order valence-electron chi connectivity index (χ3n) is 4.16. The SMILES string of the molecule is O=C(NN=Cc1ccc(S(=O)(=O)[O-])o1)C1c2ccccc2Oc2ccccc21.[Na+]. The first kappa shape index (κ1) is 21.3. The van der Waals surface area contributed by atoms with Gasteiger partial charge in [0, 0.05) is 11.1 Å². The third kappa shape index (κ3) is 4.44. The molecule has 0 aliphatic carbocycles. The molecule has 2 aromatic carbocycles. The Hall–Kier alpha value is -2.43. The molecule has 0 radical (unpaired) electrons. The Morgan fingerprint density at radius 1 is 1.00 bits per heavy atom. The van der Waals surface area contributed by atoms with Crippen LogP contribution in [0.1, 0.15) is 22.8 Å². The molecule has 0 unspecified atom stereocenters. The van der Waals surface area contributed by atoms with E-state index in [2.05, 4.69) is 10.5 Å². The summed E-state index contributed by atoms with van der Waals surface area (Å²) in [7, 11) is -4.69. The van der Waals surface area contributed by atoms with E-state index in [0.717, 1.165) is 12.3 Å². The smallest absolute Gasteiger partial charge is 0.742 e. The van der Waals surface area contributed by atoms with Gasteiger partial charge in [-0.3, -0.25) is 4.79 Å². The zero-order valence-electron chi connectivity index (χ0n) is 15.2. The number of amides is 1. The molecule has 1 aliphatic rings. The van der Waals surface area contributed by atoms with Gasteiger partial charge in [-0.2, -0.15) is 5.10 Å². The number of para-hydroxylation sites is 2. The Morgan fingerprint density at radius 3 is 2.14 bits per heavy atom. The molecule has 1 aliphatic heterocycles. The first-order valence-corrected chi connectivity index (χ1v) is 9.58. The van der Waals surface area contributed by atoms with Crippen LogP contribution in [-0.2, 0) is 14.9 Å². The summed E-state index contributed by atoms with van der Waals surface area (Å²) in [6, 6.07) is 16.7. The van der Waals surface area contributed by atoms with E-state index in [1.807, 2.05) is 24.3 Å². The summed E-state index contributed by atoms with van der Waals surface area (Å²) in [6.07, 6.45) is 1.11. The van der Waals surface area contributed by atoms with E-state index >= 15 is 0 Å². The maximum absolute atomic E-state index is 12.8. The van der Waals surface area contributed by atoms with Gasteiger partial charge < -0.3 is 13.7 Å². The molecule has 0 fully saturated rings. The van der Waals surface area contributed by atoms with Crippen LogP contribution in [0.4, 0.5) is 0 Å². The molecular weight excluding hydrogens is 407 g/mol. The fourth-order valence-corrected chi connectivity index (χ4v) is 3.39. The number of hydrogen-bond acceptors (Lipinski definition) is 7. The van der Waals surface area contributed by atoms with Crippen LogP contribution >= 0.6 is 0 Å². The number of hydrazone groups is 1. The van der Waals surface area contributed by atoms with Crippen molar-refractivity contribution in [1.29, 1.82) is 0 Å². The van der Waals surface area contributed by atoms with E-state index in [0.29, 0.717) is 22.6 Å². The van der Waals surface area contributed by atoms with Crippen LogP contribution in [0, 0.1) is 0 Å². The fraction of sp³-hybridized carbons (Fsp3) is 0.0526. The zero-order chi connectivity index (χ0) is 19.7. The molecule has 1 amide bonds. The second-order valence-corrected chi connectivity index (χ2v) is 7.27. The average Bonchev–Trinajstić information content (AvgIpc) is 3.15. The molecule has 142 valence electrons. The number of nitrogens with one attached hydrogen (secondary N) is 1. The zero-order valence-corrected chi connectivity index (χ0v) is 18.0. The van der Waals surface area contributed by atoms with Crippen molar-refractivity contribution in [2.75, 3.05) is 0 Å². The van der Waals surface area contributed by atoms with Gasteiger partial charge in [-0.1, -0.05) is 36.4 Å². The summed E-state index contributed by atoms with van der Waals surface area (Å²) < 4.78 is 43.4. The third-order valence-corrected chi connectivity index (χ3v) is 4.87. The number of ether oxygens (including phenoxy) is 1. The molecule has 1 aromatic heterocycles. The van der Waals surface area contributed by atoms with Gasteiger partial charge in [-0.25, -0.2) is 13.8 Å². The van der Waals surface area contributed by atoms with Crippen molar-refractivity contribution in [3.8, 4) is 11.5 Å². The summed E-state index contributed by atoms with van der Waals surface area (Å²) in [6.45, 7) is 0. The largest absolute Gasteiger partial charge is 1.00 e. The van der Waals surface area contributed by atoms with Crippen LogP contribution in [0.3, 0.4) is 0 Å². The second-order valence-electron chi connectivity index (χ2n) is 5.96. The molecule has 0 bridgehead atoms. The van der Waals surface area contributed by atoms with Crippen molar-refractivity contribution < 1.29 is 56.5 Å². The Balaban J connectivity index is 0.00000240. The van der Waals surface area contributed by atoms with Crippen molar-refractivity contribution in [2.45, 2.75) is 11.0 Å². The van der Waals surface area contributed by atoms with Gasteiger partial charge in [0.05, 0.1) is 12.1 Å². The van der Waals surface area contributed by atoms with Crippen LogP contribution in [0.25, 0.3) is 0 Å². The van der Waals surface area contributed by atoms with Crippen molar-refractivity contribution in [1.82, 2.24) is 5.43 Å². The van der Waals surface area contributed by atoms with Gasteiger partial charge in [0.2, 0.25) is 5.09 Å². The number of rotatable bonds is 4. The molecule has 0 saturated heterocycles. The van der Waals surface area contributed by atoms with E-state index in [-0.39, 0.29) is 35.3 Å². The quantitative estimate of drug-likeness (QED) is 0.265. The number of furan rings is 1. The molecule has 0 spiro atoms. The maximum Gasteiger partial charge on any atom is 1.00 e. The molecule has 8 nitrogen and oxygen atoms in total. The normalized spacial score (nSPS) is 13.1. The molecule has 4 rings (SSSR count). The van der Waals surface area contributed by atoms with E-state index in [1.165, 1.54) is 6.07 Å². The second kappa shape index (κ2) is 8.52. The molecule has 0 saturated carbocycles. The minimum absolute atomic E-state index is 0. The molecule has 10 heteroatoms. The van der Waals surface area contributed by atoms with Crippen LogP contribution in [0.2, 0.25) is 0 Å². The van der Waals surface area contributed by atoms with E-state index < -0.39 is 27.0 Å². The number of nitrogens with zero attached hydrogens (tertiary/aromatic N) is 1. The summed E-state index contributed by atoms with van der Waals surface area (Å²) in [5.41, 5.74) is 3.82. The summed E-state index contributed by atoms with van der Waals surface area (Å²) in [5, 5.41) is 3.09. The summed E-state index contributed by atoms with van der Waals surface area (Å²) in [5.74, 6) is 0.154. The minimum atomic E-state index is -4.69. The standard InChI is InChI=1S/C19H14N2O6S.Na/c22-19(21-20-11-12-9-10-17(26-12)28(23,24)25)18-13-5-1-3-7-15(13)27-16-8-4-2-6-14(16)18;/h1-11,18H,(H,21,22)(H,23,24,25);/q;+1/p-1. The molecule has 0 atom stereocenters. The first-order chi connectivity index (χ1) is 13.4.